The van der Waals surface area contributed by atoms with Crippen molar-refractivity contribution in [2.75, 3.05) is 7.11 Å². The first-order valence-corrected chi connectivity index (χ1v) is 9.18. The molecule has 0 atom stereocenters. The molecular weight excluding hydrogens is 395 g/mol. The summed E-state index contributed by atoms with van der Waals surface area (Å²) in [7, 11) is 1.31. The summed E-state index contributed by atoms with van der Waals surface area (Å²) in [5.74, 6) is -0.861. The van der Waals surface area contributed by atoms with Crippen LogP contribution in [0.4, 0.5) is 0 Å². The van der Waals surface area contributed by atoms with Gasteiger partial charge in [-0.15, -0.1) is 0 Å². The number of halogens is 2. The Hall–Kier alpha value is -2.15. The van der Waals surface area contributed by atoms with Crippen LogP contribution in [-0.4, -0.2) is 23.6 Å². The van der Waals surface area contributed by atoms with Crippen molar-refractivity contribution in [1.29, 1.82) is 0 Å². The zero-order valence-corrected chi connectivity index (χ0v) is 16.3. The Morgan fingerprint density at radius 1 is 1.15 bits per heavy atom. The lowest BCUT2D eigenvalue weighted by Crippen LogP contribution is -2.22. The van der Waals surface area contributed by atoms with Crippen molar-refractivity contribution in [2.45, 2.75) is 13.5 Å². The summed E-state index contributed by atoms with van der Waals surface area (Å²) in [6.45, 7) is 1.79. The highest BCUT2D eigenvalue weighted by Crippen LogP contribution is 2.27. The number of aryl methyl sites for hydroxylation is 1. The molecule has 0 radical (unpaired) electrons. The molecule has 0 aliphatic carbocycles. The number of hydrogen-bond donors (Lipinski definition) is 0. The minimum absolute atomic E-state index is 0.0651. The number of carbonyl (C=O) groups excluding carboxylic acids is 2. The van der Waals surface area contributed by atoms with Gasteiger partial charge < -0.3 is 9.30 Å². The number of carbonyl (C=O) groups is 2. The molecule has 134 valence electrons. The minimum atomic E-state index is -0.440. The lowest BCUT2D eigenvalue weighted by Gasteiger charge is -2.07. The molecule has 3 aromatic rings. The average molecular weight is 409 g/mol. The van der Waals surface area contributed by atoms with Gasteiger partial charge in [0.25, 0.3) is 5.91 Å². The van der Waals surface area contributed by atoms with Crippen molar-refractivity contribution >= 4 is 56.6 Å². The van der Waals surface area contributed by atoms with E-state index in [1.807, 2.05) is 13.0 Å². The lowest BCUT2D eigenvalue weighted by atomic mass is 10.2. The quantitative estimate of drug-likeness (QED) is 0.609. The topological polar surface area (TPSA) is 60.7 Å². The predicted molar refractivity (Wildman–Crippen MR) is 103 cm³/mol. The van der Waals surface area contributed by atoms with Crippen LogP contribution in [0.2, 0.25) is 10.0 Å². The molecule has 3 rings (SSSR count). The molecule has 0 aliphatic rings. The van der Waals surface area contributed by atoms with Gasteiger partial charge in [-0.05, 0) is 48.9 Å². The van der Waals surface area contributed by atoms with Crippen LogP contribution in [0, 0.1) is 6.92 Å². The van der Waals surface area contributed by atoms with E-state index in [0.29, 0.717) is 20.4 Å². The van der Waals surface area contributed by atoms with Crippen molar-refractivity contribution in [3.63, 3.8) is 0 Å². The van der Waals surface area contributed by atoms with Gasteiger partial charge in [-0.3, -0.25) is 9.59 Å². The zero-order chi connectivity index (χ0) is 18.8. The number of nitrogens with zero attached hydrogens (tertiary/aromatic N) is 2. The average Bonchev–Trinajstić information content (AvgIpc) is 2.96. The van der Waals surface area contributed by atoms with Crippen LogP contribution in [0.25, 0.3) is 10.2 Å². The van der Waals surface area contributed by atoms with E-state index in [0.717, 1.165) is 15.8 Å². The highest BCUT2D eigenvalue weighted by Gasteiger charge is 2.15. The second kappa shape index (κ2) is 7.61. The normalized spacial score (nSPS) is 11.8. The molecule has 0 spiro atoms. The molecule has 2 aromatic carbocycles. The van der Waals surface area contributed by atoms with E-state index in [1.54, 1.807) is 34.9 Å². The molecule has 1 amide bonds. The molecule has 0 aliphatic heterocycles. The molecular formula is C18H14Cl2N2O3S. The van der Waals surface area contributed by atoms with Gasteiger partial charge in [-0.2, -0.15) is 4.99 Å². The maximum absolute atomic E-state index is 12.5. The van der Waals surface area contributed by atoms with Crippen molar-refractivity contribution in [1.82, 2.24) is 4.57 Å². The van der Waals surface area contributed by atoms with Gasteiger partial charge in [-0.25, -0.2) is 0 Å². The number of fused-ring (bicyclic) bond motifs is 1. The van der Waals surface area contributed by atoms with Crippen molar-refractivity contribution in [2.24, 2.45) is 4.99 Å². The number of methoxy groups -OCH3 is 1. The van der Waals surface area contributed by atoms with Gasteiger partial charge in [-0.1, -0.05) is 34.5 Å². The van der Waals surface area contributed by atoms with Crippen LogP contribution < -0.4 is 4.80 Å². The largest absolute Gasteiger partial charge is 0.468 e. The Kier molecular flexibility index (Phi) is 5.46. The second-order valence-electron chi connectivity index (χ2n) is 5.49. The van der Waals surface area contributed by atoms with E-state index in [4.69, 9.17) is 27.9 Å². The number of benzene rings is 2. The first-order valence-electron chi connectivity index (χ1n) is 7.60. The molecule has 0 saturated carbocycles. The molecule has 0 unspecified atom stereocenters. The van der Waals surface area contributed by atoms with Crippen molar-refractivity contribution in [3.8, 4) is 0 Å². The van der Waals surface area contributed by atoms with Gasteiger partial charge in [0.15, 0.2) is 4.80 Å². The molecule has 5 nitrogen and oxygen atoms in total. The summed E-state index contributed by atoms with van der Waals surface area (Å²) < 4.78 is 7.30. The fraction of sp³-hybridized carbons (Fsp3) is 0.167. The fourth-order valence-corrected chi connectivity index (χ4v) is 3.85. The monoisotopic (exact) mass is 408 g/mol. The summed E-state index contributed by atoms with van der Waals surface area (Å²) in [4.78, 5) is 29.0. The van der Waals surface area contributed by atoms with E-state index in [9.17, 15) is 9.59 Å². The summed E-state index contributed by atoms with van der Waals surface area (Å²) in [6.07, 6.45) is 0. The van der Waals surface area contributed by atoms with Gasteiger partial charge in [0.2, 0.25) is 0 Å². The maximum atomic E-state index is 12.5. The number of hydrogen-bond acceptors (Lipinski definition) is 4. The number of esters is 1. The van der Waals surface area contributed by atoms with Gasteiger partial charge >= 0.3 is 5.97 Å². The summed E-state index contributed by atoms with van der Waals surface area (Å²) >= 11 is 13.4. The molecule has 0 bridgehead atoms. The van der Waals surface area contributed by atoms with Crippen LogP contribution in [0.3, 0.4) is 0 Å². The Morgan fingerprint density at radius 3 is 2.50 bits per heavy atom. The highest BCUT2D eigenvalue weighted by atomic mass is 35.5. The van der Waals surface area contributed by atoms with Crippen LogP contribution in [-0.2, 0) is 16.1 Å². The first kappa shape index (κ1) is 18.6. The van der Waals surface area contributed by atoms with E-state index < -0.39 is 11.9 Å². The minimum Gasteiger partial charge on any atom is -0.468 e. The van der Waals surface area contributed by atoms with Gasteiger partial charge in [0, 0.05) is 15.6 Å². The third-order valence-corrected chi connectivity index (χ3v) is 5.54. The molecule has 0 saturated heterocycles. The summed E-state index contributed by atoms with van der Waals surface area (Å²) in [6, 6.07) is 10.1. The first-order chi connectivity index (χ1) is 12.4. The number of thiazole rings is 1. The Labute approximate surface area is 163 Å². The summed E-state index contributed by atoms with van der Waals surface area (Å²) in [5, 5.41) is 1.11. The zero-order valence-electron chi connectivity index (χ0n) is 14.0. The lowest BCUT2D eigenvalue weighted by molar-refractivity contribution is -0.141. The van der Waals surface area contributed by atoms with E-state index in [-0.39, 0.29) is 6.54 Å². The van der Waals surface area contributed by atoms with E-state index in [2.05, 4.69) is 4.99 Å². The molecule has 1 heterocycles. The highest BCUT2D eigenvalue weighted by molar-refractivity contribution is 7.16. The van der Waals surface area contributed by atoms with Crippen LogP contribution in [0.15, 0.2) is 41.4 Å². The molecule has 1 aromatic heterocycles. The fourth-order valence-electron chi connectivity index (χ4n) is 2.48. The van der Waals surface area contributed by atoms with Gasteiger partial charge in [0.05, 0.1) is 17.3 Å². The number of aromatic nitrogens is 1. The van der Waals surface area contributed by atoms with Gasteiger partial charge in [0.1, 0.15) is 6.54 Å². The second-order valence-corrected chi connectivity index (χ2v) is 7.34. The maximum Gasteiger partial charge on any atom is 0.325 e. The van der Waals surface area contributed by atoms with E-state index >= 15 is 0 Å². The molecule has 8 heteroatoms. The SMILES string of the molecule is COC(=O)Cn1c(=NC(=O)c2ccc(Cl)cc2)sc2ccc(Cl)c(C)c21. The Balaban J connectivity index is 2.19. The Bertz CT molecular complexity index is 1070. The van der Waals surface area contributed by atoms with E-state index in [1.165, 1.54) is 18.4 Å². The number of ether oxygens (including phenoxy) is 1. The van der Waals surface area contributed by atoms with Crippen LogP contribution >= 0.6 is 34.5 Å². The summed E-state index contributed by atoms with van der Waals surface area (Å²) in [5.41, 5.74) is 1.98. The van der Waals surface area contributed by atoms with Crippen LogP contribution in [0.1, 0.15) is 15.9 Å². The predicted octanol–water partition coefficient (Wildman–Crippen LogP) is 4.23. The van der Waals surface area contributed by atoms with Crippen LogP contribution in [0.5, 0.6) is 0 Å². The third-order valence-electron chi connectivity index (χ3n) is 3.83. The molecule has 0 fully saturated rings. The number of rotatable bonds is 3. The standard InChI is InChI=1S/C18H14Cl2N2O3S/c1-10-13(20)7-8-14-16(10)22(9-15(23)25-2)18(26-14)21-17(24)11-3-5-12(19)6-4-11/h3-8H,9H2,1-2H3. The van der Waals surface area contributed by atoms with Crippen molar-refractivity contribution < 1.29 is 14.3 Å². The Morgan fingerprint density at radius 2 is 1.85 bits per heavy atom. The molecule has 0 N–H and O–H groups in total. The smallest absolute Gasteiger partial charge is 0.325 e. The van der Waals surface area contributed by atoms with Crippen molar-refractivity contribution in [3.05, 3.63) is 62.4 Å². The number of amides is 1. The third kappa shape index (κ3) is 3.67. The molecule has 26 heavy (non-hydrogen) atoms.